The Morgan fingerprint density at radius 2 is 2.28 bits per heavy atom. The third kappa shape index (κ3) is 3.08. The summed E-state index contributed by atoms with van der Waals surface area (Å²) in [6, 6.07) is -0.735. The van der Waals surface area contributed by atoms with E-state index in [0.717, 1.165) is 6.42 Å². The number of hydrogen-bond donors (Lipinski definition) is 2. The first-order chi connectivity index (χ1) is 8.60. The molecule has 1 rings (SSSR count). The molecule has 6 nitrogen and oxygen atoms in total. The van der Waals surface area contributed by atoms with Crippen molar-refractivity contribution in [3.8, 4) is 0 Å². The molecular weight excluding hydrogens is 256 g/mol. The molecule has 0 saturated carbocycles. The fourth-order valence-electron chi connectivity index (χ4n) is 1.94. The van der Waals surface area contributed by atoms with Crippen LogP contribution < -0.4 is 5.32 Å². The number of ether oxygens (including phenoxy) is 1. The summed E-state index contributed by atoms with van der Waals surface area (Å²) >= 11 is 4.07. The molecule has 0 aromatic carbocycles. The van der Waals surface area contributed by atoms with Crippen LogP contribution in [0.5, 0.6) is 0 Å². The largest absolute Gasteiger partial charge is 0.392 e. The third-order valence-corrected chi connectivity index (χ3v) is 3.61. The summed E-state index contributed by atoms with van der Waals surface area (Å²) in [6.45, 7) is 2.42. The SMILES string of the molecule is CCCCC(=O)OC(=O)[C@@]1(CS)NCCC1N=O. The van der Waals surface area contributed by atoms with Gasteiger partial charge in [-0.15, -0.1) is 0 Å². The molecule has 0 bridgehead atoms. The molecule has 1 aliphatic rings. The van der Waals surface area contributed by atoms with E-state index in [2.05, 4.69) is 23.1 Å². The van der Waals surface area contributed by atoms with Crippen LogP contribution in [0.25, 0.3) is 0 Å². The zero-order valence-corrected chi connectivity index (χ0v) is 11.2. The van der Waals surface area contributed by atoms with Gasteiger partial charge >= 0.3 is 11.9 Å². The third-order valence-electron chi connectivity index (χ3n) is 3.11. The molecule has 0 amide bonds. The lowest BCUT2D eigenvalue weighted by molar-refractivity contribution is -0.164. The Labute approximate surface area is 111 Å². The van der Waals surface area contributed by atoms with Crippen LogP contribution in [0.1, 0.15) is 32.6 Å². The van der Waals surface area contributed by atoms with Gasteiger partial charge in [-0.1, -0.05) is 18.5 Å². The van der Waals surface area contributed by atoms with Gasteiger partial charge in [-0.05, 0) is 19.4 Å². The van der Waals surface area contributed by atoms with Crippen molar-refractivity contribution in [1.82, 2.24) is 5.32 Å². The predicted molar refractivity (Wildman–Crippen MR) is 69.4 cm³/mol. The number of nitrogens with zero attached hydrogens (tertiary/aromatic N) is 1. The topological polar surface area (TPSA) is 84.8 Å². The first kappa shape index (κ1) is 15.1. The summed E-state index contributed by atoms with van der Waals surface area (Å²) in [5, 5.41) is 5.81. The molecule has 1 saturated heterocycles. The minimum Gasteiger partial charge on any atom is -0.392 e. The summed E-state index contributed by atoms with van der Waals surface area (Å²) in [5.41, 5.74) is -1.26. The van der Waals surface area contributed by atoms with Crippen molar-refractivity contribution < 1.29 is 14.3 Å². The lowest BCUT2D eigenvalue weighted by Crippen LogP contribution is -2.57. The number of carbonyl (C=O) groups excluding carboxylic acids is 2. The summed E-state index contributed by atoms with van der Waals surface area (Å²) in [7, 11) is 0. The highest BCUT2D eigenvalue weighted by Gasteiger charge is 2.51. The van der Waals surface area contributed by atoms with Crippen LogP contribution in [0.2, 0.25) is 0 Å². The van der Waals surface area contributed by atoms with Crippen molar-refractivity contribution in [3.05, 3.63) is 4.91 Å². The molecule has 0 radical (unpaired) electrons. The second-order valence-electron chi connectivity index (χ2n) is 4.33. The number of unbranched alkanes of at least 4 members (excludes halogenated alkanes) is 1. The molecule has 1 N–H and O–H groups in total. The van der Waals surface area contributed by atoms with Crippen molar-refractivity contribution in [3.63, 3.8) is 0 Å². The van der Waals surface area contributed by atoms with Crippen LogP contribution in [0, 0.1) is 4.91 Å². The number of carbonyl (C=O) groups is 2. The number of thiol groups is 1. The monoisotopic (exact) mass is 274 g/mol. The highest BCUT2D eigenvalue weighted by Crippen LogP contribution is 2.26. The van der Waals surface area contributed by atoms with E-state index in [1.165, 1.54) is 0 Å². The average Bonchev–Trinajstić information content (AvgIpc) is 2.80. The van der Waals surface area contributed by atoms with Gasteiger partial charge in [-0.25, -0.2) is 4.79 Å². The Morgan fingerprint density at radius 3 is 2.83 bits per heavy atom. The van der Waals surface area contributed by atoms with E-state index in [4.69, 9.17) is 4.74 Å². The molecule has 18 heavy (non-hydrogen) atoms. The highest BCUT2D eigenvalue weighted by molar-refractivity contribution is 7.80. The Bertz CT molecular complexity index is 337. The van der Waals surface area contributed by atoms with E-state index in [-0.39, 0.29) is 12.2 Å². The molecule has 1 unspecified atom stereocenters. The van der Waals surface area contributed by atoms with Gasteiger partial charge in [0.15, 0.2) is 5.54 Å². The van der Waals surface area contributed by atoms with Crippen molar-refractivity contribution >= 4 is 24.6 Å². The van der Waals surface area contributed by atoms with Gasteiger partial charge in [-0.3, -0.25) is 10.1 Å². The summed E-state index contributed by atoms with van der Waals surface area (Å²) in [5.74, 6) is -1.24. The molecule has 7 heteroatoms. The summed E-state index contributed by atoms with van der Waals surface area (Å²) in [4.78, 5) is 34.1. The van der Waals surface area contributed by atoms with Crippen LogP contribution >= 0.6 is 12.6 Å². The minimum absolute atomic E-state index is 0.0727. The van der Waals surface area contributed by atoms with E-state index in [0.29, 0.717) is 19.4 Å². The van der Waals surface area contributed by atoms with E-state index >= 15 is 0 Å². The molecule has 0 aromatic heterocycles. The average molecular weight is 274 g/mol. The minimum atomic E-state index is -1.26. The number of hydrogen-bond acceptors (Lipinski definition) is 7. The number of rotatable bonds is 6. The lowest BCUT2D eigenvalue weighted by atomic mass is 9.95. The Morgan fingerprint density at radius 1 is 1.56 bits per heavy atom. The molecule has 1 aliphatic heterocycles. The molecule has 2 atom stereocenters. The van der Waals surface area contributed by atoms with Gasteiger partial charge in [0.1, 0.15) is 6.04 Å². The number of nitrogens with one attached hydrogen (secondary N) is 1. The number of esters is 2. The van der Waals surface area contributed by atoms with Gasteiger partial charge in [0, 0.05) is 12.2 Å². The molecule has 1 fully saturated rings. The maximum Gasteiger partial charge on any atom is 0.337 e. The summed E-state index contributed by atoms with van der Waals surface area (Å²) in [6.07, 6.45) is 2.16. The molecule has 102 valence electrons. The van der Waals surface area contributed by atoms with Crippen LogP contribution in [0.4, 0.5) is 0 Å². The van der Waals surface area contributed by atoms with Crippen LogP contribution in [0.15, 0.2) is 5.18 Å². The normalized spacial score (nSPS) is 26.9. The fourth-order valence-corrected chi connectivity index (χ4v) is 2.39. The Balaban J connectivity index is 2.67. The zero-order valence-electron chi connectivity index (χ0n) is 10.3. The van der Waals surface area contributed by atoms with Gasteiger partial charge in [-0.2, -0.15) is 17.5 Å². The highest BCUT2D eigenvalue weighted by atomic mass is 32.1. The first-order valence-electron chi connectivity index (χ1n) is 6.04. The van der Waals surface area contributed by atoms with Crippen LogP contribution in [-0.4, -0.2) is 35.8 Å². The van der Waals surface area contributed by atoms with Crippen molar-refractivity contribution in [2.24, 2.45) is 5.18 Å². The van der Waals surface area contributed by atoms with E-state index in [1.54, 1.807) is 0 Å². The second kappa shape index (κ2) is 6.84. The molecule has 0 spiro atoms. The van der Waals surface area contributed by atoms with E-state index in [1.807, 2.05) is 6.92 Å². The Kier molecular flexibility index (Phi) is 5.74. The van der Waals surface area contributed by atoms with Crippen LogP contribution in [-0.2, 0) is 14.3 Å². The standard InChI is InChI=1S/C11H18N2O4S/c1-2-3-4-9(14)17-10(15)11(7-18)8(13-16)5-6-12-11/h8,12,18H,2-7H2,1H3/t8?,11-/m0/s1. The molecule has 1 heterocycles. The van der Waals surface area contributed by atoms with Crippen molar-refractivity contribution in [2.75, 3.05) is 12.3 Å². The van der Waals surface area contributed by atoms with Crippen LogP contribution in [0.3, 0.4) is 0 Å². The van der Waals surface area contributed by atoms with E-state index < -0.39 is 23.5 Å². The lowest BCUT2D eigenvalue weighted by Gasteiger charge is -2.27. The quantitative estimate of drug-likeness (QED) is 0.327. The van der Waals surface area contributed by atoms with E-state index in [9.17, 15) is 14.5 Å². The molecule has 0 aromatic rings. The maximum absolute atomic E-state index is 12.0. The maximum atomic E-state index is 12.0. The zero-order chi connectivity index (χ0) is 13.6. The van der Waals surface area contributed by atoms with Gasteiger partial charge in [0.2, 0.25) is 0 Å². The number of nitroso groups, excluding NO2 is 1. The van der Waals surface area contributed by atoms with Gasteiger partial charge in [0.25, 0.3) is 0 Å². The summed E-state index contributed by atoms with van der Waals surface area (Å²) < 4.78 is 4.77. The van der Waals surface area contributed by atoms with Gasteiger partial charge < -0.3 is 4.74 Å². The predicted octanol–water partition coefficient (Wildman–Crippen LogP) is 1.04. The second-order valence-corrected chi connectivity index (χ2v) is 4.65. The fraction of sp³-hybridized carbons (Fsp3) is 0.818. The van der Waals surface area contributed by atoms with Crippen molar-refractivity contribution in [2.45, 2.75) is 44.2 Å². The van der Waals surface area contributed by atoms with Gasteiger partial charge in [0.05, 0.1) is 0 Å². The smallest absolute Gasteiger partial charge is 0.337 e. The van der Waals surface area contributed by atoms with Crippen molar-refractivity contribution in [1.29, 1.82) is 0 Å². The first-order valence-corrected chi connectivity index (χ1v) is 6.67. The Hall–Kier alpha value is -0.950. The molecular formula is C11H18N2O4S. The molecule has 0 aliphatic carbocycles.